The number of amides is 1. The van der Waals surface area contributed by atoms with Crippen molar-refractivity contribution < 1.29 is 22.7 Å². The number of hydrogen-bond donors (Lipinski definition) is 2. The molecule has 11 heteroatoms. The number of anilines is 2. The van der Waals surface area contributed by atoms with E-state index in [2.05, 4.69) is 20.2 Å². The Hall–Kier alpha value is -2.24. The number of nitrogens with zero attached hydrogens (tertiary/aromatic N) is 2. The minimum Gasteiger partial charge on any atom is -0.479 e. The van der Waals surface area contributed by atoms with Gasteiger partial charge in [-0.05, 0) is 25.1 Å². The second-order valence-electron chi connectivity index (χ2n) is 4.95. The summed E-state index contributed by atoms with van der Waals surface area (Å²) >= 11 is 1.08. The number of sulfonamides is 1. The predicted octanol–water partition coefficient (Wildman–Crippen LogP) is 1.20. The van der Waals surface area contributed by atoms with Crippen LogP contribution in [0.1, 0.15) is 11.9 Å². The number of benzene rings is 1. The lowest BCUT2D eigenvalue weighted by Crippen LogP contribution is -2.34. The van der Waals surface area contributed by atoms with Gasteiger partial charge in [-0.25, -0.2) is 8.42 Å². The van der Waals surface area contributed by atoms with E-state index < -0.39 is 16.1 Å². The Morgan fingerprint density at radius 3 is 2.96 bits per heavy atom. The molecule has 2 aromatic rings. The fourth-order valence-electron chi connectivity index (χ4n) is 2.01. The highest BCUT2D eigenvalue weighted by Crippen LogP contribution is 2.32. The van der Waals surface area contributed by atoms with E-state index in [1.54, 1.807) is 6.92 Å². The van der Waals surface area contributed by atoms with Crippen LogP contribution in [0.3, 0.4) is 0 Å². The van der Waals surface area contributed by atoms with Crippen molar-refractivity contribution >= 4 is 38.1 Å². The summed E-state index contributed by atoms with van der Waals surface area (Å²) in [5, 5.41) is 10.9. The van der Waals surface area contributed by atoms with Crippen molar-refractivity contribution in [2.45, 2.75) is 24.5 Å². The molecule has 24 heavy (non-hydrogen) atoms. The molecule has 1 unspecified atom stereocenters. The van der Waals surface area contributed by atoms with Crippen molar-refractivity contribution in [3.8, 4) is 5.75 Å². The SMILES string of the molecule is COCc1nnc(NS(=O)(=O)c2ccc3c(c2)NC(=O)C(C)O3)s1. The largest absolute Gasteiger partial charge is 0.479 e. The molecular formula is C13H14N4O5S2. The molecular weight excluding hydrogens is 356 g/mol. The summed E-state index contributed by atoms with van der Waals surface area (Å²) in [5.74, 6) is 0.0812. The van der Waals surface area contributed by atoms with Gasteiger partial charge >= 0.3 is 0 Å². The topological polar surface area (TPSA) is 120 Å². The van der Waals surface area contributed by atoms with Crippen LogP contribution in [0.15, 0.2) is 23.1 Å². The summed E-state index contributed by atoms with van der Waals surface area (Å²) in [6, 6.07) is 4.22. The van der Waals surface area contributed by atoms with Crippen LogP contribution in [0.5, 0.6) is 5.75 Å². The van der Waals surface area contributed by atoms with E-state index in [1.807, 2.05) is 0 Å². The lowest BCUT2D eigenvalue weighted by atomic mass is 10.2. The van der Waals surface area contributed by atoms with Crippen molar-refractivity contribution in [1.29, 1.82) is 0 Å². The van der Waals surface area contributed by atoms with E-state index in [-0.39, 0.29) is 22.5 Å². The van der Waals surface area contributed by atoms with Crippen LogP contribution in [0.25, 0.3) is 0 Å². The Morgan fingerprint density at radius 2 is 2.21 bits per heavy atom. The van der Waals surface area contributed by atoms with Gasteiger partial charge in [0.1, 0.15) is 17.4 Å². The maximum absolute atomic E-state index is 12.4. The number of methoxy groups -OCH3 is 1. The van der Waals surface area contributed by atoms with Gasteiger partial charge in [0.25, 0.3) is 15.9 Å². The molecule has 3 rings (SSSR count). The fraction of sp³-hybridized carbons (Fsp3) is 0.308. The molecule has 2 N–H and O–H groups in total. The van der Waals surface area contributed by atoms with E-state index in [1.165, 1.54) is 25.3 Å². The van der Waals surface area contributed by atoms with Crippen LogP contribution in [0, 0.1) is 0 Å². The average molecular weight is 370 g/mol. The van der Waals surface area contributed by atoms with Crippen molar-refractivity contribution in [3.05, 3.63) is 23.2 Å². The van der Waals surface area contributed by atoms with E-state index in [4.69, 9.17) is 9.47 Å². The molecule has 2 heterocycles. The number of aromatic nitrogens is 2. The third kappa shape index (κ3) is 3.32. The number of carbonyl (C=O) groups excluding carboxylic acids is 1. The van der Waals surface area contributed by atoms with Gasteiger partial charge in [-0.15, -0.1) is 10.2 Å². The third-order valence-corrected chi connectivity index (χ3v) is 5.43. The summed E-state index contributed by atoms with van der Waals surface area (Å²) in [7, 11) is -2.36. The Kier molecular flexibility index (Phi) is 4.39. The van der Waals surface area contributed by atoms with Crippen LogP contribution < -0.4 is 14.8 Å². The normalized spacial score (nSPS) is 16.9. The number of fused-ring (bicyclic) bond motifs is 1. The van der Waals surface area contributed by atoms with Crippen LogP contribution >= 0.6 is 11.3 Å². The highest BCUT2D eigenvalue weighted by atomic mass is 32.2. The smallest absolute Gasteiger partial charge is 0.265 e. The number of carbonyl (C=O) groups is 1. The van der Waals surface area contributed by atoms with Crippen LogP contribution in [0.2, 0.25) is 0 Å². The molecule has 1 aromatic heterocycles. The minimum atomic E-state index is -3.87. The zero-order valence-corrected chi connectivity index (χ0v) is 14.4. The standard InChI is InChI=1S/C13H14N4O5S2/c1-7-12(18)14-9-5-8(3-4-10(9)22-7)24(19,20)17-13-16-15-11(23-13)6-21-2/h3-5,7H,6H2,1-2H3,(H,14,18)(H,16,17). The van der Waals surface area contributed by atoms with Crippen LogP contribution in [0.4, 0.5) is 10.8 Å². The summed E-state index contributed by atoms with van der Waals surface area (Å²) in [6.07, 6.45) is -0.626. The van der Waals surface area contributed by atoms with Gasteiger partial charge in [-0.2, -0.15) is 0 Å². The fourth-order valence-corrected chi connectivity index (χ4v) is 3.97. The summed E-state index contributed by atoms with van der Waals surface area (Å²) in [4.78, 5) is 11.6. The van der Waals surface area contributed by atoms with Crippen molar-refractivity contribution in [2.24, 2.45) is 0 Å². The van der Waals surface area contributed by atoms with Crippen molar-refractivity contribution in [3.63, 3.8) is 0 Å². The molecule has 0 spiro atoms. The summed E-state index contributed by atoms with van der Waals surface area (Å²) < 4.78 is 37.5. The second-order valence-corrected chi connectivity index (χ2v) is 7.69. The third-order valence-electron chi connectivity index (χ3n) is 3.15. The van der Waals surface area contributed by atoms with E-state index >= 15 is 0 Å². The van der Waals surface area contributed by atoms with Crippen LogP contribution in [-0.4, -0.2) is 37.7 Å². The van der Waals surface area contributed by atoms with E-state index in [0.29, 0.717) is 16.4 Å². The number of nitrogens with one attached hydrogen (secondary N) is 2. The first kappa shape index (κ1) is 16.6. The molecule has 0 fully saturated rings. The Labute approximate surface area is 142 Å². The summed E-state index contributed by atoms with van der Waals surface area (Å²) in [6.45, 7) is 1.86. The van der Waals surface area contributed by atoms with E-state index in [0.717, 1.165) is 11.3 Å². The molecule has 128 valence electrons. The Bertz CT molecular complexity index is 880. The molecule has 1 aliphatic heterocycles. The lowest BCUT2D eigenvalue weighted by Gasteiger charge is -2.23. The molecule has 9 nitrogen and oxygen atoms in total. The molecule has 1 amide bonds. The van der Waals surface area contributed by atoms with Gasteiger partial charge in [-0.1, -0.05) is 11.3 Å². The molecule has 0 saturated carbocycles. The van der Waals surface area contributed by atoms with Gasteiger partial charge in [-0.3, -0.25) is 9.52 Å². The first-order valence-electron chi connectivity index (χ1n) is 6.85. The summed E-state index contributed by atoms with van der Waals surface area (Å²) in [5.41, 5.74) is 0.304. The van der Waals surface area contributed by atoms with E-state index in [9.17, 15) is 13.2 Å². The monoisotopic (exact) mass is 370 g/mol. The van der Waals surface area contributed by atoms with Crippen LogP contribution in [-0.2, 0) is 26.2 Å². The van der Waals surface area contributed by atoms with Gasteiger partial charge in [0.05, 0.1) is 10.6 Å². The first-order valence-corrected chi connectivity index (χ1v) is 9.15. The molecule has 0 radical (unpaired) electrons. The van der Waals surface area contributed by atoms with Gasteiger partial charge < -0.3 is 14.8 Å². The number of hydrogen-bond acceptors (Lipinski definition) is 8. The number of rotatable bonds is 5. The molecule has 0 saturated heterocycles. The molecule has 1 atom stereocenters. The maximum Gasteiger partial charge on any atom is 0.265 e. The average Bonchev–Trinajstić information content (AvgIpc) is 2.95. The highest BCUT2D eigenvalue weighted by molar-refractivity contribution is 7.93. The second kappa shape index (κ2) is 6.34. The van der Waals surface area contributed by atoms with Gasteiger partial charge in [0.2, 0.25) is 5.13 Å². The first-order chi connectivity index (χ1) is 11.4. The molecule has 0 aliphatic carbocycles. The Morgan fingerprint density at radius 1 is 1.42 bits per heavy atom. The Balaban J connectivity index is 1.84. The van der Waals surface area contributed by atoms with Gasteiger partial charge in [0, 0.05) is 7.11 Å². The zero-order chi connectivity index (χ0) is 17.3. The van der Waals surface area contributed by atoms with Gasteiger partial charge in [0.15, 0.2) is 6.10 Å². The molecule has 0 bridgehead atoms. The molecule has 1 aromatic carbocycles. The lowest BCUT2D eigenvalue weighted by molar-refractivity contribution is -0.122. The molecule has 1 aliphatic rings. The van der Waals surface area contributed by atoms with Crippen molar-refractivity contribution in [2.75, 3.05) is 17.1 Å². The maximum atomic E-state index is 12.4. The highest BCUT2D eigenvalue weighted by Gasteiger charge is 2.26. The predicted molar refractivity (Wildman–Crippen MR) is 86.6 cm³/mol. The van der Waals surface area contributed by atoms with Crippen molar-refractivity contribution in [1.82, 2.24) is 10.2 Å². The minimum absolute atomic E-state index is 0.0248. The quantitative estimate of drug-likeness (QED) is 0.811. The zero-order valence-electron chi connectivity index (χ0n) is 12.8. The number of ether oxygens (including phenoxy) is 2.